The van der Waals surface area contributed by atoms with Crippen LogP contribution in [-0.4, -0.2) is 46.7 Å². The number of likely N-dealkylation sites (tertiary alicyclic amines) is 1. The molecule has 22 heavy (non-hydrogen) atoms. The Morgan fingerprint density at radius 1 is 1.55 bits per heavy atom. The number of aryl methyl sites for hydroxylation is 1. The average Bonchev–Trinajstić information content (AvgIpc) is 2.89. The maximum absolute atomic E-state index is 12.6. The molecule has 1 aromatic rings. The summed E-state index contributed by atoms with van der Waals surface area (Å²) in [6, 6.07) is 1.80. The molecule has 1 aliphatic heterocycles. The first-order valence-electron chi connectivity index (χ1n) is 7.94. The molecule has 0 spiro atoms. The zero-order chi connectivity index (χ0) is 16.0. The van der Waals surface area contributed by atoms with Gasteiger partial charge in [0.1, 0.15) is 5.82 Å². The average molecular weight is 306 g/mol. The van der Waals surface area contributed by atoms with Crippen LogP contribution >= 0.6 is 0 Å². The van der Waals surface area contributed by atoms with Crippen LogP contribution in [0.3, 0.4) is 0 Å². The molecule has 0 radical (unpaired) electrons. The summed E-state index contributed by atoms with van der Waals surface area (Å²) >= 11 is 0. The Morgan fingerprint density at radius 2 is 2.36 bits per heavy atom. The first-order valence-corrected chi connectivity index (χ1v) is 7.94. The number of nitrogens with zero attached hydrogens (tertiary/aromatic N) is 3. The highest BCUT2D eigenvalue weighted by molar-refractivity contribution is 5.75. The Bertz CT molecular complexity index is 501. The van der Waals surface area contributed by atoms with Gasteiger partial charge in [0, 0.05) is 19.9 Å². The number of hydrogen-bond donors (Lipinski definition) is 1. The maximum Gasteiger partial charge on any atom is 0.318 e. The summed E-state index contributed by atoms with van der Waals surface area (Å²) in [5.41, 5.74) is 0.669. The SMILES string of the molecule is CCC[C@@]1(COC)CCCN1C(=O)NCc1ccnc(C)n1. The fourth-order valence-corrected chi connectivity index (χ4v) is 3.34. The smallest absolute Gasteiger partial charge is 0.318 e. The number of carbonyl (C=O) groups is 1. The Morgan fingerprint density at radius 3 is 3.05 bits per heavy atom. The van der Waals surface area contributed by atoms with Crippen molar-refractivity contribution in [1.29, 1.82) is 0 Å². The molecule has 1 N–H and O–H groups in total. The minimum atomic E-state index is -0.158. The molecule has 0 unspecified atom stereocenters. The van der Waals surface area contributed by atoms with Crippen molar-refractivity contribution in [2.24, 2.45) is 0 Å². The summed E-state index contributed by atoms with van der Waals surface area (Å²) in [4.78, 5) is 22.9. The van der Waals surface area contributed by atoms with Gasteiger partial charge >= 0.3 is 6.03 Å². The van der Waals surface area contributed by atoms with Crippen molar-refractivity contribution in [3.8, 4) is 0 Å². The van der Waals surface area contributed by atoms with Gasteiger partial charge in [0.15, 0.2) is 0 Å². The second-order valence-corrected chi connectivity index (χ2v) is 5.92. The lowest BCUT2D eigenvalue weighted by molar-refractivity contribution is 0.0500. The Balaban J connectivity index is 2.01. The molecule has 0 aliphatic carbocycles. The standard InChI is InChI=1S/C16H26N4O2/c1-4-7-16(12-22-3)8-5-10-20(16)15(21)18-11-14-6-9-17-13(2)19-14/h6,9H,4-5,7-8,10-12H2,1-3H3,(H,18,21)/t16-/m0/s1. The monoisotopic (exact) mass is 306 g/mol. The van der Waals surface area contributed by atoms with E-state index in [2.05, 4.69) is 22.2 Å². The van der Waals surface area contributed by atoms with Crippen LogP contribution in [0.1, 0.15) is 44.1 Å². The van der Waals surface area contributed by atoms with Crippen LogP contribution < -0.4 is 5.32 Å². The number of amides is 2. The molecule has 122 valence electrons. The second-order valence-electron chi connectivity index (χ2n) is 5.92. The molecule has 1 atom stereocenters. The van der Waals surface area contributed by atoms with Gasteiger partial charge in [-0.05, 0) is 32.3 Å². The molecule has 2 heterocycles. The topological polar surface area (TPSA) is 67.3 Å². The van der Waals surface area contributed by atoms with Gasteiger partial charge in [-0.15, -0.1) is 0 Å². The number of ether oxygens (including phenoxy) is 1. The highest BCUT2D eigenvalue weighted by Gasteiger charge is 2.42. The molecule has 1 fully saturated rings. The minimum Gasteiger partial charge on any atom is -0.382 e. The number of methoxy groups -OCH3 is 1. The Labute approximate surface area is 132 Å². The first-order chi connectivity index (χ1) is 10.6. The summed E-state index contributed by atoms with van der Waals surface area (Å²) < 4.78 is 5.40. The Hall–Kier alpha value is -1.69. The van der Waals surface area contributed by atoms with Crippen LogP contribution in [0.25, 0.3) is 0 Å². The number of rotatable bonds is 6. The molecule has 0 aromatic carbocycles. The van der Waals surface area contributed by atoms with Crippen molar-refractivity contribution in [3.63, 3.8) is 0 Å². The first kappa shape index (κ1) is 16.7. The molecule has 6 nitrogen and oxygen atoms in total. The van der Waals surface area contributed by atoms with E-state index >= 15 is 0 Å². The largest absolute Gasteiger partial charge is 0.382 e. The van der Waals surface area contributed by atoms with Gasteiger partial charge in [0.25, 0.3) is 0 Å². The number of hydrogen-bond acceptors (Lipinski definition) is 4. The Kier molecular flexibility index (Phi) is 5.71. The highest BCUT2D eigenvalue weighted by Crippen LogP contribution is 2.33. The lowest BCUT2D eigenvalue weighted by Gasteiger charge is -2.38. The van der Waals surface area contributed by atoms with E-state index < -0.39 is 0 Å². The van der Waals surface area contributed by atoms with E-state index in [1.807, 2.05) is 17.9 Å². The van der Waals surface area contributed by atoms with Crippen molar-refractivity contribution in [2.75, 3.05) is 20.3 Å². The van der Waals surface area contributed by atoms with Crippen LogP contribution in [0, 0.1) is 6.92 Å². The molecule has 2 rings (SSSR count). The summed E-state index contributed by atoms with van der Waals surface area (Å²) in [5, 5.41) is 2.98. The fourth-order valence-electron chi connectivity index (χ4n) is 3.34. The summed E-state index contributed by atoms with van der Waals surface area (Å²) in [6.45, 7) is 5.80. The van der Waals surface area contributed by atoms with Gasteiger partial charge in [-0.1, -0.05) is 13.3 Å². The van der Waals surface area contributed by atoms with Crippen molar-refractivity contribution >= 4 is 6.03 Å². The van der Waals surface area contributed by atoms with Gasteiger partial charge in [-0.25, -0.2) is 14.8 Å². The van der Waals surface area contributed by atoms with Crippen molar-refractivity contribution in [2.45, 2.75) is 51.6 Å². The van der Waals surface area contributed by atoms with E-state index in [1.165, 1.54) is 0 Å². The van der Waals surface area contributed by atoms with Crippen LogP contribution in [0.2, 0.25) is 0 Å². The van der Waals surface area contributed by atoms with Gasteiger partial charge in [0.05, 0.1) is 24.4 Å². The fraction of sp³-hybridized carbons (Fsp3) is 0.688. The summed E-state index contributed by atoms with van der Waals surface area (Å²) in [7, 11) is 1.70. The molecule has 0 saturated carbocycles. The number of nitrogens with one attached hydrogen (secondary N) is 1. The van der Waals surface area contributed by atoms with E-state index in [4.69, 9.17) is 4.74 Å². The molecule has 1 saturated heterocycles. The van der Waals surface area contributed by atoms with Crippen molar-refractivity contribution in [3.05, 3.63) is 23.8 Å². The van der Waals surface area contributed by atoms with Gasteiger partial charge in [0.2, 0.25) is 0 Å². The van der Waals surface area contributed by atoms with Crippen molar-refractivity contribution in [1.82, 2.24) is 20.2 Å². The minimum absolute atomic E-state index is 0.0285. The molecule has 2 amide bonds. The molecule has 0 bridgehead atoms. The molecular formula is C16H26N4O2. The lowest BCUT2D eigenvalue weighted by atomic mass is 9.91. The van der Waals surface area contributed by atoms with Crippen molar-refractivity contribution < 1.29 is 9.53 Å². The van der Waals surface area contributed by atoms with E-state index in [0.717, 1.165) is 37.9 Å². The van der Waals surface area contributed by atoms with Gasteiger partial charge in [-0.3, -0.25) is 0 Å². The molecule has 1 aliphatic rings. The highest BCUT2D eigenvalue weighted by atomic mass is 16.5. The van der Waals surface area contributed by atoms with Crippen LogP contribution in [0.5, 0.6) is 0 Å². The maximum atomic E-state index is 12.6. The van der Waals surface area contributed by atoms with Crippen LogP contribution in [-0.2, 0) is 11.3 Å². The third-order valence-electron chi connectivity index (χ3n) is 4.22. The van der Waals surface area contributed by atoms with Gasteiger partial charge < -0.3 is 15.0 Å². The summed E-state index contributed by atoms with van der Waals surface area (Å²) in [6.07, 6.45) is 5.77. The van der Waals surface area contributed by atoms with E-state index in [-0.39, 0.29) is 11.6 Å². The number of carbonyl (C=O) groups excluding carboxylic acids is 1. The predicted molar refractivity (Wildman–Crippen MR) is 84.5 cm³/mol. The normalized spacial score (nSPS) is 21.1. The quantitative estimate of drug-likeness (QED) is 0.875. The molecule has 6 heteroatoms. The zero-order valence-corrected chi connectivity index (χ0v) is 13.8. The third kappa shape index (κ3) is 3.74. The third-order valence-corrected chi connectivity index (χ3v) is 4.22. The number of aromatic nitrogens is 2. The van der Waals surface area contributed by atoms with E-state index in [9.17, 15) is 4.79 Å². The number of urea groups is 1. The van der Waals surface area contributed by atoms with Gasteiger partial charge in [-0.2, -0.15) is 0 Å². The molecule has 1 aromatic heterocycles. The summed E-state index contributed by atoms with van der Waals surface area (Å²) in [5.74, 6) is 0.715. The molecular weight excluding hydrogens is 280 g/mol. The zero-order valence-electron chi connectivity index (χ0n) is 13.8. The van der Waals surface area contributed by atoms with Crippen LogP contribution in [0.4, 0.5) is 4.79 Å². The predicted octanol–water partition coefficient (Wildman–Crippen LogP) is 2.28. The van der Waals surface area contributed by atoms with Crippen LogP contribution in [0.15, 0.2) is 12.3 Å². The van der Waals surface area contributed by atoms with E-state index in [0.29, 0.717) is 19.0 Å². The lowest BCUT2D eigenvalue weighted by Crippen LogP contribution is -2.53. The second kappa shape index (κ2) is 7.54. The van der Waals surface area contributed by atoms with E-state index in [1.54, 1.807) is 13.3 Å².